The van der Waals surface area contributed by atoms with Crippen molar-refractivity contribution in [2.45, 2.75) is 62.6 Å². The van der Waals surface area contributed by atoms with Crippen LogP contribution >= 0.6 is 23.4 Å². The van der Waals surface area contributed by atoms with Crippen molar-refractivity contribution >= 4 is 23.4 Å². The first-order chi connectivity index (χ1) is 9.65. The maximum atomic E-state index is 6.19. The third-order valence-corrected chi connectivity index (χ3v) is 5.42. The predicted octanol–water partition coefficient (Wildman–Crippen LogP) is 5.51. The van der Waals surface area contributed by atoms with Crippen molar-refractivity contribution in [1.29, 1.82) is 0 Å². The average Bonchev–Trinajstić information content (AvgIpc) is 2.42. The highest BCUT2D eigenvalue weighted by Crippen LogP contribution is 2.36. The van der Waals surface area contributed by atoms with Gasteiger partial charge in [-0.25, -0.2) is 0 Å². The molecule has 3 heteroatoms. The molecule has 1 N–H and O–H groups in total. The second-order valence-corrected chi connectivity index (χ2v) is 7.93. The minimum Gasteiger partial charge on any atom is -0.312 e. The van der Waals surface area contributed by atoms with E-state index in [1.807, 2.05) is 17.8 Å². The molecule has 112 valence electrons. The van der Waals surface area contributed by atoms with Gasteiger partial charge < -0.3 is 5.32 Å². The smallest absolute Gasteiger partial charge is 0.0417 e. The van der Waals surface area contributed by atoms with Gasteiger partial charge in [-0.3, -0.25) is 0 Å². The molecule has 20 heavy (non-hydrogen) atoms. The Morgan fingerprint density at radius 2 is 2.00 bits per heavy atom. The number of thioether (sulfide) groups is 1. The molecule has 0 spiro atoms. The molecule has 1 aromatic rings. The van der Waals surface area contributed by atoms with E-state index in [1.54, 1.807) is 0 Å². The van der Waals surface area contributed by atoms with Crippen molar-refractivity contribution < 1.29 is 0 Å². The summed E-state index contributed by atoms with van der Waals surface area (Å²) < 4.78 is 0. The normalized spacial score (nSPS) is 16.8. The molecule has 1 nitrogen and oxygen atoms in total. The highest BCUT2D eigenvalue weighted by molar-refractivity contribution is 8.00. The number of benzene rings is 1. The summed E-state index contributed by atoms with van der Waals surface area (Å²) >= 11 is 8.22. The number of nitrogens with one attached hydrogen (secondary N) is 1. The van der Waals surface area contributed by atoms with E-state index in [4.69, 9.17) is 11.6 Å². The monoisotopic (exact) mass is 311 g/mol. The second kappa shape index (κ2) is 8.31. The van der Waals surface area contributed by atoms with E-state index in [1.165, 1.54) is 42.6 Å². The standard InChI is InChI=1S/C17H26ClNS/c1-13(2)11-19-12-14-8-9-15(18)10-17(14)20-16-6-4-3-5-7-16/h8-10,13,16,19H,3-7,11-12H2,1-2H3. The van der Waals surface area contributed by atoms with Gasteiger partial charge in [0.2, 0.25) is 0 Å². The van der Waals surface area contributed by atoms with Gasteiger partial charge in [-0.2, -0.15) is 0 Å². The van der Waals surface area contributed by atoms with E-state index in [-0.39, 0.29) is 0 Å². The van der Waals surface area contributed by atoms with Crippen LogP contribution in [-0.2, 0) is 6.54 Å². The Kier molecular flexibility index (Phi) is 6.73. The van der Waals surface area contributed by atoms with Crippen molar-refractivity contribution in [3.8, 4) is 0 Å². The lowest BCUT2D eigenvalue weighted by Gasteiger charge is -2.22. The lowest BCUT2D eigenvalue weighted by molar-refractivity contribution is 0.515. The van der Waals surface area contributed by atoms with Gasteiger partial charge in [0.05, 0.1) is 0 Å². The molecule has 0 saturated heterocycles. The minimum atomic E-state index is 0.691. The van der Waals surface area contributed by atoms with E-state index >= 15 is 0 Å². The van der Waals surface area contributed by atoms with Gasteiger partial charge in [0, 0.05) is 21.7 Å². The van der Waals surface area contributed by atoms with E-state index < -0.39 is 0 Å². The molecule has 1 aromatic carbocycles. The van der Waals surface area contributed by atoms with E-state index in [0.29, 0.717) is 5.92 Å². The number of hydrogen-bond donors (Lipinski definition) is 1. The maximum absolute atomic E-state index is 6.19. The topological polar surface area (TPSA) is 12.0 Å². The Morgan fingerprint density at radius 3 is 2.70 bits per heavy atom. The van der Waals surface area contributed by atoms with Crippen LogP contribution in [0.25, 0.3) is 0 Å². The maximum Gasteiger partial charge on any atom is 0.0417 e. The highest BCUT2D eigenvalue weighted by atomic mass is 35.5. The Morgan fingerprint density at radius 1 is 1.25 bits per heavy atom. The van der Waals surface area contributed by atoms with Gasteiger partial charge in [-0.05, 0) is 43.0 Å². The Bertz CT molecular complexity index is 413. The first-order valence-electron chi connectivity index (χ1n) is 7.81. The van der Waals surface area contributed by atoms with Crippen LogP contribution in [0.2, 0.25) is 5.02 Å². The van der Waals surface area contributed by atoms with Crippen molar-refractivity contribution in [1.82, 2.24) is 5.32 Å². The molecule has 0 atom stereocenters. The Balaban J connectivity index is 1.99. The summed E-state index contributed by atoms with van der Waals surface area (Å²) in [6.07, 6.45) is 6.90. The van der Waals surface area contributed by atoms with Crippen LogP contribution in [0.3, 0.4) is 0 Å². The van der Waals surface area contributed by atoms with Crippen LogP contribution in [-0.4, -0.2) is 11.8 Å². The molecule has 0 heterocycles. The fourth-order valence-electron chi connectivity index (χ4n) is 2.64. The van der Waals surface area contributed by atoms with E-state index in [9.17, 15) is 0 Å². The van der Waals surface area contributed by atoms with Gasteiger partial charge >= 0.3 is 0 Å². The first kappa shape index (κ1) is 16.2. The van der Waals surface area contributed by atoms with Crippen LogP contribution in [0.5, 0.6) is 0 Å². The van der Waals surface area contributed by atoms with Crippen LogP contribution in [0, 0.1) is 5.92 Å². The van der Waals surface area contributed by atoms with Gasteiger partial charge in [0.25, 0.3) is 0 Å². The second-order valence-electron chi connectivity index (χ2n) is 6.15. The lowest BCUT2D eigenvalue weighted by Crippen LogP contribution is -2.19. The molecular formula is C17H26ClNS. The van der Waals surface area contributed by atoms with Crippen LogP contribution in [0.4, 0.5) is 0 Å². The summed E-state index contributed by atoms with van der Waals surface area (Å²) in [5.41, 5.74) is 1.39. The summed E-state index contributed by atoms with van der Waals surface area (Å²) in [5.74, 6) is 0.691. The van der Waals surface area contributed by atoms with Gasteiger partial charge in [-0.1, -0.05) is 50.8 Å². The number of hydrogen-bond acceptors (Lipinski definition) is 2. The molecule has 1 aliphatic rings. The summed E-state index contributed by atoms with van der Waals surface area (Å²) in [7, 11) is 0. The zero-order valence-electron chi connectivity index (χ0n) is 12.6. The molecule has 0 bridgehead atoms. The van der Waals surface area contributed by atoms with Crippen molar-refractivity contribution in [2.75, 3.05) is 6.54 Å². The molecule has 2 rings (SSSR count). The largest absolute Gasteiger partial charge is 0.312 e. The van der Waals surface area contributed by atoms with Crippen molar-refractivity contribution in [3.63, 3.8) is 0 Å². The summed E-state index contributed by atoms with van der Waals surface area (Å²) in [4.78, 5) is 1.38. The fourth-order valence-corrected chi connectivity index (χ4v) is 4.29. The van der Waals surface area contributed by atoms with Crippen LogP contribution in [0.15, 0.2) is 23.1 Å². The van der Waals surface area contributed by atoms with Gasteiger partial charge in [0.15, 0.2) is 0 Å². The zero-order chi connectivity index (χ0) is 14.4. The van der Waals surface area contributed by atoms with Crippen molar-refractivity contribution in [2.24, 2.45) is 5.92 Å². The zero-order valence-corrected chi connectivity index (χ0v) is 14.2. The molecule has 0 unspecified atom stereocenters. The van der Waals surface area contributed by atoms with Crippen molar-refractivity contribution in [3.05, 3.63) is 28.8 Å². The lowest BCUT2D eigenvalue weighted by atomic mass is 10.0. The quantitative estimate of drug-likeness (QED) is 0.743. The minimum absolute atomic E-state index is 0.691. The van der Waals surface area contributed by atoms with Gasteiger partial charge in [0.1, 0.15) is 0 Å². The first-order valence-corrected chi connectivity index (χ1v) is 9.06. The molecule has 1 saturated carbocycles. The third kappa shape index (κ3) is 5.31. The average molecular weight is 312 g/mol. The van der Waals surface area contributed by atoms with Gasteiger partial charge in [-0.15, -0.1) is 11.8 Å². The summed E-state index contributed by atoms with van der Waals surface area (Å²) in [6, 6.07) is 6.34. The number of halogens is 1. The summed E-state index contributed by atoms with van der Waals surface area (Å²) in [6.45, 7) is 6.50. The summed E-state index contributed by atoms with van der Waals surface area (Å²) in [5, 5.41) is 5.18. The fraction of sp³-hybridized carbons (Fsp3) is 0.647. The molecule has 0 aromatic heterocycles. The highest BCUT2D eigenvalue weighted by Gasteiger charge is 2.16. The Labute approximate surface area is 132 Å². The molecule has 0 aliphatic heterocycles. The third-order valence-electron chi connectivity index (χ3n) is 3.74. The van der Waals surface area contributed by atoms with E-state index in [0.717, 1.165) is 23.4 Å². The molecule has 1 fully saturated rings. The SMILES string of the molecule is CC(C)CNCc1ccc(Cl)cc1SC1CCCCC1. The predicted molar refractivity (Wildman–Crippen MR) is 90.7 cm³/mol. The molecule has 0 amide bonds. The Hall–Kier alpha value is -0.180. The molecule has 1 aliphatic carbocycles. The van der Waals surface area contributed by atoms with E-state index in [2.05, 4.69) is 31.3 Å². The van der Waals surface area contributed by atoms with Crippen LogP contribution in [0.1, 0.15) is 51.5 Å². The molecule has 0 radical (unpaired) electrons. The molecular weight excluding hydrogens is 286 g/mol. The number of rotatable bonds is 6. The van der Waals surface area contributed by atoms with Crippen LogP contribution < -0.4 is 5.32 Å².